The van der Waals surface area contributed by atoms with Crippen molar-refractivity contribution in [3.05, 3.63) is 20.8 Å². The second-order valence-corrected chi connectivity index (χ2v) is 3.79. The Hall–Kier alpha value is -1.80. The van der Waals surface area contributed by atoms with Gasteiger partial charge in [0.15, 0.2) is 5.69 Å². The molecule has 0 aliphatic carbocycles. The van der Waals surface area contributed by atoms with Gasteiger partial charge in [0.1, 0.15) is 5.82 Å². The van der Waals surface area contributed by atoms with Crippen LogP contribution in [0.5, 0.6) is 0 Å². The van der Waals surface area contributed by atoms with Gasteiger partial charge in [0.2, 0.25) is 0 Å². The molecule has 0 aromatic carbocycles. The second kappa shape index (κ2) is 4.60. The molecule has 94 valence electrons. The van der Waals surface area contributed by atoms with Crippen molar-refractivity contribution in [3.63, 3.8) is 0 Å². The van der Waals surface area contributed by atoms with Crippen LogP contribution in [-0.4, -0.2) is 40.9 Å². The quantitative estimate of drug-likeness (QED) is 0.571. The lowest BCUT2D eigenvalue weighted by molar-refractivity contribution is 0.0496. The summed E-state index contributed by atoms with van der Waals surface area (Å²) in [7, 11) is 1.50. The van der Waals surface area contributed by atoms with E-state index in [-0.39, 0.29) is 11.5 Å². The number of morpholine rings is 1. The van der Waals surface area contributed by atoms with Gasteiger partial charge < -0.3 is 15.9 Å². The maximum absolute atomic E-state index is 11.6. The molecule has 1 aromatic rings. The summed E-state index contributed by atoms with van der Waals surface area (Å²) in [5.74, 6) is 0.116. The highest BCUT2D eigenvalue weighted by Crippen LogP contribution is 2.10. The van der Waals surface area contributed by atoms with Crippen LogP contribution in [0.1, 0.15) is 0 Å². The third-order valence-electron chi connectivity index (χ3n) is 2.65. The van der Waals surface area contributed by atoms with Crippen LogP contribution in [0.3, 0.4) is 0 Å². The van der Waals surface area contributed by atoms with E-state index >= 15 is 0 Å². The van der Waals surface area contributed by atoms with Crippen LogP contribution in [0.15, 0.2) is 9.59 Å². The molecular formula is C9H15N5O3. The first kappa shape index (κ1) is 11.7. The number of nitrogens with zero attached hydrogens (tertiary/aromatic N) is 2. The number of hydrogen-bond acceptors (Lipinski definition) is 6. The third-order valence-corrected chi connectivity index (χ3v) is 2.65. The van der Waals surface area contributed by atoms with Crippen LogP contribution < -0.4 is 22.4 Å². The Labute approximate surface area is 97.0 Å². The summed E-state index contributed by atoms with van der Waals surface area (Å²) in [6.07, 6.45) is 0. The molecule has 1 aliphatic heterocycles. The van der Waals surface area contributed by atoms with Crippen LogP contribution in [-0.2, 0) is 11.8 Å². The van der Waals surface area contributed by atoms with E-state index in [1.165, 1.54) is 11.6 Å². The number of nitrogens with one attached hydrogen (secondary N) is 2. The fourth-order valence-corrected chi connectivity index (χ4v) is 1.58. The van der Waals surface area contributed by atoms with Gasteiger partial charge in [0.25, 0.3) is 5.56 Å². The van der Waals surface area contributed by atoms with Crippen LogP contribution in [0, 0.1) is 0 Å². The number of hydrogen-bond donors (Lipinski definition) is 3. The van der Waals surface area contributed by atoms with Gasteiger partial charge >= 0.3 is 5.69 Å². The molecule has 8 nitrogen and oxygen atoms in total. The molecule has 2 rings (SSSR count). The Morgan fingerprint density at radius 3 is 2.65 bits per heavy atom. The lowest BCUT2D eigenvalue weighted by atomic mass is 10.4. The monoisotopic (exact) mass is 241 g/mol. The van der Waals surface area contributed by atoms with Gasteiger partial charge in [0.05, 0.1) is 13.2 Å². The van der Waals surface area contributed by atoms with Crippen molar-refractivity contribution >= 4 is 11.5 Å². The van der Waals surface area contributed by atoms with Crippen molar-refractivity contribution in [2.24, 2.45) is 7.05 Å². The van der Waals surface area contributed by atoms with E-state index in [0.717, 1.165) is 0 Å². The van der Waals surface area contributed by atoms with E-state index in [1.807, 2.05) is 5.01 Å². The number of ether oxygens (including phenoxy) is 1. The largest absolute Gasteiger partial charge is 0.383 e. The van der Waals surface area contributed by atoms with E-state index in [0.29, 0.717) is 26.3 Å². The molecule has 0 amide bonds. The minimum Gasteiger partial charge on any atom is -0.383 e. The zero-order valence-corrected chi connectivity index (χ0v) is 9.52. The average molecular weight is 241 g/mol. The Bertz CT molecular complexity index is 514. The minimum absolute atomic E-state index is 0.116. The summed E-state index contributed by atoms with van der Waals surface area (Å²) in [5.41, 5.74) is 7.78. The summed E-state index contributed by atoms with van der Waals surface area (Å²) in [5, 5.41) is 1.83. The summed E-state index contributed by atoms with van der Waals surface area (Å²) < 4.78 is 6.37. The lowest BCUT2D eigenvalue weighted by Crippen LogP contribution is -2.43. The number of anilines is 2. The first-order chi connectivity index (χ1) is 8.09. The smallest absolute Gasteiger partial charge is 0.329 e. The van der Waals surface area contributed by atoms with Crippen molar-refractivity contribution in [2.45, 2.75) is 0 Å². The molecule has 2 heterocycles. The van der Waals surface area contributed by atoms with Gasteiger partial charge in [-0.3, -0.25) is 14.3 Å². The lowest BCUT2D eigenvalue weighted by Gasteiger charge is -2.28. The van der Waals surface area contributed by atoms with Gasteiger partial charge in [-0.05, 0) is 0 Å². The van der Waals surface area contributed by atoms with Crippen LogP contribution in [0.2, 0.25) is 0 Å². The van der Waals surface area contributed by atoms with Crippen molar-refractivity contribution in [1.29, 1.82) is 0 Å². The Balaban J connectivity index is 2.29. The molecule has 0 spiro atoms. The number of hydrazine groups is 1. The maximum atomic E-state index is 11.6. The third kappa shape index (κ3) is 2.32. The highest BCUT2D eigenvalue weighted by Gasteiger charge is 2.15. The molecular weight excluding hydrogens is 226 g/mol. The van der Waals surface area contributed by atoms with E-state index in [2.05, 4.69) is 10.4 Å². The highest BCUT2D eigenvalue weighted by molar-refractivity contribution is 5.59. The second-order valence-electron chi connectivity index (χ2n) is 3.79. The number of rotatable bonds is 2. The van der Waals surface area contributed by atoms with Crippen LogP contribution in [0.4, 0.5) is 11.5 Å². The van der Waals surface area contributed by atoms with E-state index in [9.17, 15) is 9.59 Å². The predicted octanol–water partition coefficient (Wildman–Crippen LogP) is -1.69. The van der Waals surface area contributed by atoms with Crippen LogP contribution >= 0.6 is 0 Å². The summed E-state index contributed by atoms with van der Waals surface area (Å²) in [6, 6.07) is 0. The van der Waals surface area contributed by atoms with E-state index in [4.69, 9.17) is 10.5 Å². The van der Waals surface area contributed by atoms with Crippen molar-refractivity contribution < 1.29 is 4.74 Å². The molecule has 4 N–H and O–H groups in total. The van der Waals surface area contributed by atoms with Gasteiger partial charge in [-0.2, -0.15) is 0 Å². The topological polar surface area (TPSA) is 105 Å². The number of aromatic nitrogens is 2. The normalized spacial score (nSPS) is 17.0. The number of aromatic amines is 1. The van der Waals surface area contributed by atoms with Crippen molar-refractivity contribution in [3.8, 4) is 0 Å². The van der Waals surface area contributed by atoms with Gasteiger partial charge in [0, 0.05) is 20.1 Å². The summed E-state index contributed by atoms with van der Waals surface area (Å²) in [4.78, 5) is 25.1. The Morgan fingerprint density at radius 1 is 1.35 bits per heavy atom. The van der Waals surface area contributed by atoms with Crippen molar-refractivity contribution in [1.82, 2.24) is 14.6 Å². The Morgan fingerprint density at radius 2 is 2.00 bits per heavy atom. The molecule has 0 unspecified atom stereocenters. The zero-order chi connectivity index (χ0) is 12.4. The van der Waals surface area contributed by atoms with Gasteiger partial charge in [-0.1, -0.05) is 0 Å². The summed E-state index contributed by atoms with van der Waals surface area (Å²) >= 11 is 0. The van der Waals surface area contributed by atoms with E-state index in [1.54, 1.807) is 0 Å². The maximum Gasteiger partial charge on any atom is 0.329 e. The van der Waals surface area contributed by atoms with E-state index < -0.39 is 11.2 Å². The first-order valence-electron chi connectivity index (χ1n) is 5.27. The summed E-state index contributed by atoms with van der Waals surface area (Å²) in [6.45, 7) is 2.50. The highest BCUT2D eigenvalue weighted by atomic mass is 16.5. The minimum atomic E-state index is -0.528. The van der Waals surface area contributed by atoms with Gasteiger partial charge in [-0.15, -0.1) is 0 Å². The fraction of sp³-hybridized carbons (Fsp3) is 0.556. The molecule has 1 aliphatic rings. The SMILES string of the molecule is Cn1c(N)c(NN2CCOCC2)c(=O)[nH]c1=O. The predicted molar refractivity (Wildman–Crippen MR) is 62.7 cm³/mol. The van der Waals surface area contributed by atoms with Crippen molar-refractivity contribution in [2.75, 3.05) is 37.5 Å². The number of H-pyrrole nitrogens is 1. The zero-order valence-electron chi connectivity index (χ0n) is 9.52. The molecule has 0 saturated carbocycles. The molecule has 8 heteroatoms. The molecule has 1 aromatic heterocycles. The standard InChI is InChI=1S/C9H15N5O3/c1-13-7(10)6(8(15)11-9(13)16)12-14-2-4-17-5-3-14/h12H,2-5,10H2,1H3,(H,11,15,16). The Kier molecular flexibility index (Phi) is 3.16. The fourth-order valence-electron chi connectivity index (χ4n) is 1.58. The number of nitrogen functional groups attached to an aromatic ring is 1. The van der Waals surface area contributed by atoms with Crippen LogP contribution in [0.25, 0.3) is 0 Å². The average Bonchev–Trinajstić information content (AvgIpc) is 2.33. The number of nitrogens with two attached hydrogens (primary N) is 1. The molecule has 1 saturated heterocycles. The molecule has 0 bridgehead atoms. The molecule has 0 radical (unpaired) electrons. The molecule has 0 atom stereocenters. The molecule has 1 fully saturated rings. The van der Waals surface area contributed by atoms with Gasteiger partial charge in [-0.25, -0.2) is 9.80 Å². The first-order valence-corrected chi connectivity index (χ1v) is 5.27. The molecule has 17 heavy (non-hydrogen) atoms.